The van der Waals surface area contributed by atoms with Crippen molar-refractivity contribution in [3.63, 3.8) is 0 Å². The van der Waals surface area contributed by atoms with Crippen LogP contribution in [0.4, 0.5) is 17.1 Å². The lowest BCUT2D eigenvalue weighted by atomic mass is 10.1. The lowest BCUT2D eigenvalue weighted by Gasteiger charge is -2.35. The summed E-state index contributed by atoms with van der Waals surface area (Å²) in [5.41, 5.74) is 6.98. The van der Waals surface area contributed by atoms with Crippen LogP contribution in [-0.2, 0) is 0 Å². The fraction of sp³-hybridized carbons (Fsp3) is 0. The fourth-order valence-electron chi connectivity index (χ4n) is 7.92. The van der Waals surface area contributed by atoms with Gasteiger partial charge in [0.25, 0.3) is 0 Å². The van der Waals surface area contributed by atoms with Crippen LogP contribution in [0.25, 0.3) is 27.5 Å². The zero-order chi connectivity index (χ0) is 34.0. The normalized spacial score (nSPS) is 11.5. The van der Waals surface area contributed by atoms with Crippen LogP contribution in [0.3, 0.4) is 0 Å². The summed E-state index contributed by atoms with van der Waals surface area (Å²) in [5, 5.41) is 7.92. The third-order valence-electron chi connectivity index (χ3n) is 10.1. The van der Waals surface area contributed by atoms with Gasteiger partial charge in [-0.2, -0.15) is 0 Å². The van der Waals surface area contributed by atoms with Gasteiger partial charge in [-0.1, -0.05) is 158 Å². The molecule has 0 fully saturated rings. The van der Waals surface area contributed by atoms with E-state index in [1.807, 2.05) is 0 Å². The lowest BCUT2D eigenvalue weighted by Crippen LogP contribution is -2.74. The van der Waals surface area contributed by atoms with E-state index in [-0.39, 0.29) is 0 Å². The molecule has 0 aliphatic heterocycles. The van der Waals surface area contributed by atoms with Crippen molar-refractivity contribution in [1.82, 2.24) is 4.57 Å². The van der Waals surface area contributed by atoms with Gasteiger partial charge in [0.05, 0.1) is 11.0 Å². The molecule has 9 aromatic rings. The monoisotopic (exact) mass is 668 g/mol. The molecule has 0 spiro atoms. The minimum absolute atomic E-state index is 1.13. The Morgan fingerprint density at radius 2 is 0.765 bits per heavy atom. The highest BCUT2D eigenvalue weighted by Gasteiger charge is 2.42. The van der Waals surface area contributed by atoms with Crippen molar-refractivity contribution in [2.45, 2.75) is 0 Å². The van der Waals surface area contributed by atoms with Crippen LogP contribution < -0.4 is 25.6 Å². The summed E-state index contributed by atoms with van der Waals surface area (Å²) in [6.45, 7) is 0. The average Bonchev–Trinajstić information content (AvgIpc) is 3.54. The first-order valence-electron chi connectivity index (χ1n) is 17.5. The molecule has 0 atom stereocenters. The second-order valence-corrected chi connectivity index (χ2v) is 16.8. The van der Waals surface area contributed by atoms with Crippen LogP contribution in [-0.4, -0.2) is 12.6 Å². The van der Waals surface area contributed by atoms with E-state index in [4.69, 9.17) is 0 Å². The molecule has 0 unspecified atom stereocenters. The van der Waals surface area contributed by atoms with Gasteiger partial charge in [0, 0.05) is 33.5 Å². The first kappa shape index (κ1) is 30.6. The van der Waals surface area contributed by atoms with E-state index in [0.717, 1.165) is 17.1 Å². The number of hydrogen-bond donors (Lipinski definition) is 0. The number of nitrogens with zero attached hydrogens (tertiary/aromatic N) is 2. The molecule has 0 radical (unpaired) electrons. The van der Waals surface area contributed by atoms with Crippen molar-refractivity contribution in [3.8, 4) is 5.69 Å². The smallest absolute Gasteiger partial charge is 0.179 e. The van der Waals surface area contributed by atoms with Gasteiger partial charge in [0.15, 0.2) is 8.07 Å². The van der Waals surface area contributed by atoms with Crippen LogP contribution in [0, 0.1) is 0 Å². The van der Waals surface area contributed by atoms with Crippen molar-refractivity contribution in [2.24, 2.45) is 0 Å². The van der Waals surface area contributed by atoms with E-state index >= 15 is 0 Å². The number of hydrogen-bond acceptors (Lipinski definition) is 1. The van der Waals surface area contributed by atoms with Gasteiger partial charge in [0.2, 0.25) is 0 Å². The van der Waals surface area contributed by atoms with Crippen molar-refractivity contribution in [1.29, 1.82) is 0 Å². The van der Waals surface area contributed by atoms with E-state index in [2.05, 4.69) is 228 Å². The van der Waals surface area contributed by atoms with E-state index in [9.17, 15) is 0 Å². The SMILES string of the molecule is c1ccc(N(c2ccccc2)c2cccc([Si](c3ccccc3)(c3ccccc3)c3ccc4c(c3)c3ccccc3n4-c3ccccc3)c2)cc1. The second kappa shape index (κ2) is 13.1. The van der Waals surface area contributed by atoms with Gasteiger partial charge < -0.3 is 9.47 Å². The van der Waals surface area contributed by atoms with Crippen molar-refractivity contribution < 1.29 is 0 Å². The van der Waals surface area contributed by atoms with Crippen LogP contribution in [0.5, 0.6) is 0 Å². The Kier molecular flexibility index (Phi) is 7.88. The summed E-state index contributed by atoms with van der Waals surface area (Å²) in [6.07, 6.45) is 0. The van der Waals surface area contributed by atoms with Crippen molar-refractivity contribution >= 4 is 67.7 Å². The maximum Gasteiger partial charge on any atom is 0.179 e. The molecule has 9 rings (SSSR count). The summed E-state index contributed by atoms with van der Waals surface area (Å²) in [7, 11) is -2.89. The van der Waals surface area contributed by atoms with Gasteiger partial charge in [-0.05, 0) is 81.4 Å². The van der Waals surface area contributed by atoms with E-state index in [1.165, 1.54) is 48.2 Å². The summed E-state index contributed by atoms with van der Waals surface area (Å²) in [5.74, 6) is 0. The maximum atomic E-state index is 2.50. The summed E-state index contributed by atoms with van der Waals surface area (Å²) >= 11 is 0. The van der Waals surface area contributed by atoms with Crippen LogP contribution in [0.15, 0.2) is 218 Å². The highest BCUT2D eigenvalue weighted by molar-refractivity contribution is 7.20. The zero-order valence-electron chi connectivity index (χ0n) is 28.2. The Morgan fingerprint density at radius 1 is 0.314 bits per heavy atom. The molecule has 1 aromatic heterocycles. The Hall–Kier alpha value is -6.42. The Bertz CT molecular complexity index is 2490. The summed E-state index contributed by atoms with van der Waals surface area (Å²) in [4.78, 5) is 2.37. The van der Waals surface area contributed by atoms with Gasteiger partial charge >= 0.3 is 0 Å². The minimum Gasteiger partial charge on any atom is -0.311 e. The minimum atomic E-state index is -2.89. The molecule has 0 saturated heterocycles. The van der Waals surface area contributed by atoms with Gasteiger partial charge in [0.1, 0.15) is 0 Å². The molecule has 0 aliphatic rings. The number of anilines is 3. The lowest BCUT2D eigenvalue weighted by molar-refractivity contribution is 1.18. The largest absolute Gasteiger partial charge is 0.311 e. The first-order valence-corrected chi connectivity index (χ1v) is 19.5. The van der Waals surface area contributed by atoms with Gasteiger partial charge in [-0.15, -0.1) is 0 Å². The summed E-state index contributed by atoms with van der Waals surface area (Å²) in [6, 6.07) is 79.9. The van der Waals surface area contributed by atoms with Crippen molar-refractivity contribution in [2.75, 3.05) is 4.90 Å². The van der Waals surface area contributed by atoms with E-state index < -0.39 is 8.07 Å². The molecule has 0 bridgehead atoms. The second-order valence-electron chi connectivity index (χ2n) is 13.0. The molecule has 0 amide bonds. The first-order chi connectivity index (χ1) is 25.3. The Labute approximate surface area is 300 Å². The molecular weight excluding hydrogens is 633 g/mol. The predicted octanol–water partition coefficient (Wildman–Crippen LogP) is 9.63. The average molecular weight is 669 g/mol. The highest BCUT2D eigenvalue weighted by atomic mass is 28.3. The van der Waals surface area contributed by atoms with Crippen molar-refractivity contribution in [3.05, 3.63) is 218 Å². The number of fused-ring (bicyclic) bond motifs is 3. The third-order valence-corrected chi connectivity index (χ3v) is 14.9. The Morgan fingerprint density at radius 3 is 1.37 bits per heavy atom. The van der Waals surface area contributed by atoms with E-state index in [1.54, 1.807) is 0 Å². The quantitative estimate of drug-likeness (QED) is 0.116. The molecule has 51 heavy (non-hydrogen) atoms. The van der Waals surface area contributed by atoms with Gasteiger partial charge in [-0.25, -0.2) is 0 Å². The number of rotatable bonds is 8. The molecule has 2 nitrogen and oxygen atoms in total. The highest BCUT2D eigenvalue weighted by Crippen LogP contribution is 2.35. The summed E-state index contributed by atoms with van der Waals surface area (Å²) < 4.78 is 2.40. The molecule has 0 saturated carbocycles. The van der Waals surface area contributed by atoms with Gasteiger partial charge in [-0.3, -0.25) is 0 Å². The molecular formula is C48H36N2Si. The Balaban J connectivity index is 1.35. The number of para-hydroxylation sites is 4. The van der Waals surface area contributed by atoms with Crippen LogP contribution in [0.2, 0.25) is 0 Å². The number of aromatic nitrogens is 1. The topological polar surface area (TPSA) is 8.17 Å². The third kappa shape index (κ3) is 5.27. The van der Waals surface area contributed by atoms with Crippen LogP contribution >= 0.6 is 0 Å². The molecule has 0 N–H and O–H groups in total. The fourth-order valence-corrected chi connectivity index (χ4v) is 12.7. The maximum absolute atomic E-state index is 2.89. The number of benzene rings is 8. The predicted molar refractivity (Wildman–Crippen MR) is 219 cm³/mol. The molecule has 8 aromatic carbocycles. The standard InChI is InChI=1S/C48H36N2Si/c1-6-19-37(20-7-1)49(38-21-8-2-9-22-38)40-25-18-30-43(35-40)51(41-26-12-4-13-27-41,42-28-14-5-15-29-42)44-33-34-48-46(36-44)45-31-16-17-32-47(45)50(48)39-23-10-3-11-24-39/h1-36H. The zero-order valence-corrected chi connectivity index (χ0v) is 29.2. The molecule has 3 heteroatoms. The van der Waals surface area contributed by atoms with Crippen LogP contribution in [0.1, 0.15) is 0 Å². The van der Waals surface area contributed by atoms with E-state index in [0.29, 0.717) is 0 Å². The molecule has 1 heterocycles. The molecule has 242 valence electrons. The molecule has 0 aliphatic carbocycles.